The second-order valence-electron chi connectivity index (χ2n) is 4.89. The second kappa shape index (κ2) is 6.26. The highest BCUT2D eigenvalue weighted by Crippen LogP contribution is 2.29. The first-order chi connectivity index (χ1) is 11.0. The molecule has 23 heavy (non-hydrogen) atoms. The molecule has 0 saturated carbocycles. The van der Waals surface area contributed by atoms with Crippen molar-refractivity contribution < 1.29 is 18.7 Å². The van der Waals surface area contributed by atoms with Crippen molar-refractivity contribution >= 4 is 18.6 Å². The van der Waals surface area contributed by atoms with E-state index in [1.54, 1.807) is 12.1 Å². The van der Waals surface area contributed by atoms with Crippen molar-refractivity contribution in [1.82, 2.24) is 4.98 Å². The van der Waals surface area contributed by atoms with Crippen LogP contribution in [0, 0.1) is 5.82 Å². The van der Waals surface area contributed by atoms with Crippen LogP contribution in [0.3, 0.4) is 0 Å². The van der Waals surface area contributed by atoms with Gasteiger partial charge < -0.3 is 9.52 Å². The van der Waals surface area contributed by atoms with Crippen molar-refractivity contribution in [2.45, 2.75) is 5.25 Å². The van der Waals surface area contributed by atoms with E-state index in [2.05, 4.69) is 17.6 Å². The fourth-order valence-electron chi connectivity index (χ4n) is 2.15. The maximum Gasteiger partial charge on any atom is 0.325 e. The molecule has 0 aliphatic rings. The molecule has 3 aromatic rings. The van der Waals surface area contributed by atoms with Crippen LogP contribution in [-0.4, -0.2) is 16.1 Å². The molecule has 3 rings (SSSR count). The molecule has 0 aliphatic heterocycles. The monoisotopic (exact) mass is 329 g/mol. The number of carboxylic acid groups (broad SMARTS) is 1. The fraction of sp³-hybridized carbons (Fsp3) is 0.0588. The van der Waals surface area contributed by atoms with Gasteiger partial charge >= 0.3 is 5.97 Å². The third kappa shape index (κ3) is 3.27. The lowest BCUT2D eigenvalue weighted by Crippen LogP contribution is -2.04. The second-order valence-corrected chi connectivity index (χ2v) is 5.41. The van der Waals surface area contributed by atoms with E-state index in [4.69, 9.17) is 9.52 Å². The number of benzene rings is 2. The number of aromatic nitrogens is 1. The largest absolute Gasteiger partial charge is 0.480 e. The Morgan fingerprint density at radius 2 is 1.83 bits per heavy atom. The number of carboxylic acids is 1. The van der Waals surface area contributed by atoms with Crippen LogP contribution in [0.25, 0.3) is 22.5 Å². The predicted octanol–water partition coefficient (Wildman–Crippen LogP) is 4.20. The molecule has 0 saturated heterocycles. The average Bonchev–Trinajstić information content (AvgIpc) is 3.05. The highest BCUT2D eigenvalue weighted by molar-refractivity contribution is 7.81. The molecule has 0 radical (unpaired) electrons. The third-order valence-corrected chi connectivity index (χ3v) is 3.76. The molecule has 0 bridgehead atoms. The SMILES string of the molecule is O=C(O)C(S)c1ncc(-c2cccc(-c3ccc(F)cc3)c2)o1. The van der Waals surface area contributed by atoms with Crippen molar-refractivity contribution in [2.75, 3.05) is 0 Å². The standard InChI is InChI=1S/C17H12FNO3S/c18-13-6-4-10(5-7-13)11-2-1-3-12(8-11)14-9-19-16(22-14)15(23)17(20)21/h1-9,15,23H,(H,20,21). The van der Waals surface area contributed by atoms with Gasteiger partial charge in [-0.25, -0.2) is 9.37 Å². The number of carbonyl (C=O) groups is 1. The first-order valence-corrected chi connectivity index (χ1v) is 7.29. The number of hydrogen-bond donors (Lipinski definition) is 2. The minimum Gasteiger partial charge on any atom is -0.480 e. The molecule has 1 atom stereocenters. The lowest BCUT2D eigenvalue weighted by Gasteiger charge is -2.04. The lowest BCUT2D eigenvalue weighted by atomic mass is 10.0. The van der Waals surface area contributed by atoms with Crippen molar-refractivity contribution in [2.24, 2.45) is 0 Å². The summed E-state index contributed by atoms with van der Waals surface area (Å²) in [6.45, 7) is 0. The quantitative estimate of drug-likeness (QED) is 0.704. The minimum absolute atomic E-state index is 0.0306. The zero-order chi connectivity index (χ0) is 16.4. The van der Waals surface area contributed by atoms with Gasteiger partial charge in [0.1, 0.15) is 5.82 Å². The molecule has 0 fully saturated rings. The number of thiol groups is 1. The van der Waals surface area contributed by atoms with E-state index in [9.17, 15) is 9.18 Å². The Labute approximate surface area is 137 Å². The molecule has 1 N–H and O–H groups in total. The van der Waals surface area contributed by atoms with Crippen LogP contribution in [0.1, 0.15) is 11.1 Å². The highest BCUT2D eigenvalue weighted by atomic mass is 32.1. The third-order valence-electron chi connectivity index (χ3n) is 3.32. The van der Waals surface area contributed by atoms with Crippen LogP contribution in [0.2, 0.25) is 0 Å². The maximum atomic E-state index is 13.0. The molecule has 1 aromatic heterocycles. The van der Waals surface area contributed by atoms with E-state index in [0.717, 1.165) is 16.7 Å². The summed E-state index contributed by atoms with van der Waals surface area (Å²) in [5.41, 5.74) is 2.50. The summed E-state index contributed by atoms with van der Waals surface area (Å²) >= 11 is 3.94. The maximum absolute atomic E-state index is 13.0. The topological polar surface area (TPSA) is 63.3 Å². The molecule has 2 aromatic carbocycles. The van der Waals surface area contributed by atoms with E-state index >= 15 is 0 Å². The van der Waals surface area contributed by atoms with Crippen molar-refractivity contribution in [1.29, 1.82) is 0 Å². The van der Waals surface area contributed by atoms with E-state index in [1.807, 2.05) is 24.3 Å². The minimum atomic E-state index is -1.12. The molecular weight excluding hydrogens is 317 g/mol. The number of nitrogens with zero attached hydrogens (tertiary/aromatic N) is 1. The first-order valence-electron chi connectivity index (χ1n) is 6.77. The summed E-state index contributed by atoms with van der Waals surface area (Å²) in [6, 6.07) is 13.6. The van der Waals surface area contributed by atoms with Gasteiger partial charge in [-0.1, -0.05) is 30.3 Å². The molecule has 1 heterocycles. The molecule has 1 unspecified atom stereocenters. The van der Waals surface area contributed by atoms with Crippen LogP contribution in [-0.2, 0) is 4.79 Å². The van der Waals surface area contributed by atoms with Gasteiger partial charge in [-0.15, -0.1) is 0 Å². The Morgan fingerprint density at radius 3 is 2.52 bits per heavy atom. The first kappa shape index (κ1) is 15.3. The van der Waals surface area contributed by atoms with Gasteiger partial charge in [0.25, 0.3) is 0 Å². The van der Waals surface area contributed by atoms with Crippen LogP contribution in [0.5, 0.6) is 0 Å². The van der Waals surface area contributed by atoms with Gasteiger partial charge in [-0.05, 0) is 29.3 Å². The number of hydrogen-bond acceptors (Lipinski definition) is 4. The van der Waals surface area contributed by atoms with Crippen LogP contribution < -0.4 is 0 Å². The summed E-state index contributed by atoms with van der Waals surface area (Å²) in [7, 11) is 0. The van der Waals surface area contributed by atoms with Gasteiger partial charge in [0.2, 0.25) is 5.89 Å². The van der Waals surface area contributed by atoms with Crippen molar-refractivity contribution in [3.05, 3.63) is 66.4 Å². The summed E-state index contributed by atoms with van der Waals surface area (Å²) in [5, 5.41) is 7.82. The fourth-order valence-corrected chi connectivity index (χ4v) is 2.27. The van der Waals surface area contributed by atoms with Crippen molar-refractivity contribution in [3.63, 3.8) is 0 Å². The Balaban J connectivity index is 1.94. The summed E-state index contributed by atoms with van der Waals surface area (Å²) < 4.78 is 18.5. The molecule has 6 heteroatoms. The van der Waals surface area contributed by atoms with Gasteiger partial charge in [0.05, 0.1) is 6.20 Å². The van der Waals surface area contributed by atoms with Crippen LogP contribution in [0.4, 0.5) is 4.39 Å². The highest BCUT2D eigenvalue weighted by Gasteiger charge is 2.21. The van der Waals surface area contributed by atoms with Gasteiger partial charge in [0.15, 0.2) is 11.0 Å². The van der Waals surface area contributed by atoms with Crippen LogP contribution >= 0.6 is 12.6 Å². The van der Waals surface area contributed by atoms with Gasteiger partial charge in [-0.2, -0.15) is 12.6 Å². The Hall–Kier alpha value is -2.60. The van der Waals surface area contributed by atoms with E-state index in [-0.39, 0.29) is 11.7 Å². The number of oxazole rings is 1. The van der Waals surface area contributed by atoms with Gasteiger partial charge in [0, 0.05) is 5.56 Å². The average molecular weight is 329 g/mol. The smallest absolute Gasteiger partial charge is 0.325 e. The van der Waals surface area contributed by atoms with E-state index in [1.165, 1.54) is 18.3 Å². The van der Waals surface area contributed by atoms with Crippen molar-refractivity contribution in [3.8, 4) is 22.5 Å². The number of aliphatic carboxylic acids is 1. The summed E-state index contributed by atoms with van der Waals surface area (Å²) in [4.78, 5) is 14.9. The van der Waals surface area contributed by atoms with E-state index < -0.39 is 11.2 Å². The zero-order valence-corrected chi connectivity index (χ0v) is 12.7. The number of halogens is 1. The molecule has 0 spiro atoms. The normalized spacial score (nSPS) is 12.1. The summed E-state index contributed by atoms with van der Waals surface area (Å²) in [6.07, 6.45) is 1.46. The lowest BCUT2D eigenvalue weighted by molar-refractivity contribution is -0.136. The number of rotatable bonds is 4. The Kier molecular flexibility index (Phi) is 4.16. The van der Waals surface area contributed by atoms with Crippen LogP contribution in [0.15, 0.2) is 59.1 Å². The van der Waals surface area contributed by atoms with Gasteiger partial charge in [-0.3, -0.25) is 4.79 Å². The summed E-state index contributed by atoms with van der Waals surface area (Å²) in [5.74, 6) is -0.938. The molecule has 0 aliphatic carbocycles. The van der Waals surface area contributed by atoms with E-state index in [0.29, 0.717) is 5.76 Å². The molecule has 4 nitrogen and oxygen atoms in total. The molecular formula is C17H12FNO3S. The Bertz CT molecular complexity index is 845. The molecule has 116 valence electrons. The zero-order valence-electron chi connectivity index (χ0n) is 11.8. The Morgan fingerprint density at radius 1 is 1.13 bits per heavy atom. The molecule has 0 amide bonds. The predicted molar refractivity (Wildman–Crippen MR) is 86.7 cm³/mol.